The Labute approximate surface area is 251 Å². The summed E-state index contributed by atoms with van der Waals surface area (Å²) in [7, 11) is 8.29. The van der Waals surface area contributed by atoms with Crippen molar-refractivity contribution in [2.75, 3.05) is 26.2 Å². The van der Waals surface area contributed by atoms with Gasteiger partial charge in [0.1, 0.15) is 5.41 Å². The average Bonchev–Trinajstić information content (AvgIpc) is 3.51. The second-order valence-electron chi connectivity index (χ2n) is 11.8. The van der Waals surface area contributed by atoms with Gasteiger partial charge in [-0.15, -0.1) is 27.7 Å². The number of hydrogen-bond donors (Lipinski definition) is 2. The molecule has 2 N–H and O–H groups in total. The maximum Gasteiger partial charge on any atom is 0.251 e. The highest BCUT2D eigenvalue weighted by atomic mass is 31.1. The molecule has 5 nitrogen and oxygen atoms in total. The molecule has 0 bridgehead atoms. The Bertz CT molecular complexity index is 1390. The fourth-order valence-electron chi connectivity index (χ4n) is 6.37. The summed E-state index contributed by atoms with van der Waals surface area (Å²) in [5.41, 5.74) is 6.90. The number of unbranched alkanes of at least 4 members (excludes halogenated alkanes) is 1. The Morgan fingerprint density at radius 1 is 0.927 bits per heavy atom. The van der Waals surface area contributed by atoms with Crippen molar-refractivity contribution in [2.24, 2.45) is 0 Å². The van der Waals surface area contributed by atoms with Crippen LogP contribution >= 0.6 is 27.7 Å². The second-order valence-corrected chi connectivity index (χ2v) is 17.0. The molecule has 1 heterocycles. The number of nitrogens with zero attached hydrogens (tertiary/aromatic N) is 1. The summed E-state index contributed by atoms with van der Waals surface area (Å²) in [6.45, 7) is 7.44. The van der Waals surface area contributed by atoms with Crippen molar-refractivity contribution >= 4 is 39.5 Å². The molecule has 41 heavy (non-hydrogen) atoms. The third-order valence-corrected chi connectivity index (χ3v) is 9.27. The van der Waals surface area contributed by atoms with Gasteiger partial charge in [-0.3, -0.25) is 9.59 Å². The fraction of sp³-hybridized carbons (Fsp3) is 0.394. The molecular formula is C33H42N3O2P3. The van der Waals surface area contributed by atoms with Crippen LogP contribution in [0.3, 0.4) is 0 Å². The SMILES string of the molecule is Cc1ccc(C(=O)NC2CCN(CCCCC3(C(=O)NCC(P)(P)P)c4ccccc4-c4ccccc43)C2)cc1C. The maximum atomic E-state index is 14.1. The summed E-state index contributed by atoms with van der Waals surface area (Å²) in [5.74, 6) is 0.0823. The third kappa shape index (κ3) is 6.60. The number of aryl methyl sites for hydroxylation is 2. The number of benzene rings is 3. The summed E-state index contributed by atoms with van der Waals surface area (Å²) >= 11 is 0. The fourth-order valence-corrected chi connectivity index (χ4v) is 6.67. The van der Waals surface area contributed by atoms with Crippen LogP contribution in [0.15, 0.2) is 66.7 Å². The van der Waals surface area contributed by atoms with Gasteiger partial charge in [0.15, 0.2) is 0 Å². The quantitative estimate of drug-likeness (QED) is 0.232. The molecular weight excluding hydrogens is 563 g/mol. The molecule has 0 aromatic heterocycles. The standard InChI is InChI=1S/C33H42N3O2P3/c1-22-13-14-24(19-23(22)2)30(37)35-25-15-18-36(20-25)17-8-7-16-32(31(38)34-21-33(39,40)41)28-11-5-3-9-26(28)27-10-4-6-12-29(27)32/h3-6,9-14,19,25H,7-8,15-18,20-21,39-41H2,1-2H3,(H,34,38)(H,35,37). The lowest BCUT2D eigenvalue weighted by atomic mass is 9.73. The number of likely N-dealkylation sites (tertiary alicyclic amines) is 1. The second kappa shape index (κ2) is 12.6. The van der Waals surface area contributed by atoms with Crippen molar-refractivity contribution in [3.05, 3.63) is 94.5 Å². The van der Waals surface area contributed by atoms with E-state index in [1.165, 1.54) is 5.56 Å². The lowest BCUT2D eigenvalue weighted by molar-refractivity contribution is -0.125. The molecule has 8 heteroatoms. The Hall–Kier alpha value is -2.15. The topological polar surface area (TPSA) is 61.4 Å². The Balaban J connectivity index is 1.23. The highest BCUT2D eigenvalue weighted by Gasteiger charge is 2.48. The molecule has 5 rings (SSSR count). The summed E-state index contributed by atoms with van der Waals surface area (Å²) in [6.07, 6.45) is 3.65. The van der Waals surface area contributed by atoms with Gasteiger partial charge in [0.2, 0.25) is 5.91 Å². The molecule has 2 aliphatic rings. The minimum Gasteiger partial charge on any atom is -0.353 e. The van der Waals surface area contributed by atoms with Crippen LogP contribution < -0.4 is 10.6 Å². The van der Waals surface area contributed by atoms with Crippen molar-refractivity contribution in [1.29, 1.82) is 0 Å². The minimum atomic E-state index is -0.702. The first kappa shape index (κ1) is 30.3. The van der Waals surface area contributed by atoms with E-state index in [0.29, 0.717) is 6.54 Å². The molecule has 1 aliphatic heterocycles. The van der Waals surface area contributed by atoms with Crippen LogP contribution in [0.1, 0.15) is 58.3 Å². The van der Waals surface area contributed by atoms with E-state index in [9.17, 15) is 9.59 Å². The molecule has 1 aliphatic carbocycles. The van der Waals surface area contributed by atoms with Gasteiger partial charge in [-0.05, 0) is 85.2 Å². The van der Waals surface area contributed by atoms with E-state index in [-0.39, 0.29) is 22.5 Å². The number of carbonyl (C=O) groups is 2. The number of nitrogens with one attached hydrogen (secondary N) is 2. The molecule has 0 radical (unpaired) electrons. The molecule has 1 fully saturated rings. The van der Waals surface area contributed by atoms with Crippen LogP contribution in [0.2, 0.25) is 0 Å². The van der Waals surface area contributed by atoms with Crippen molar-refractivity contribution in [3.63, 3.8) is 0 Å². The van der Waals surface area contributed by atoms with E-state index in [1.54, 1.807) is 0 Å². The monoisotopic (exact) mass is 605 g/mol. The van der Waals surface area contributed by atoms with Crippen molar-refractivity contribution in [3.8, 4) is 11.1 Å². The Kier molecular flexibility index (Phi) is 9.32. The van der Waals surface area contributed by atoms with Gasteiger partial charge in [-0.1, -0.05) is 61.0 Å². The van der Waals surface area contributed by atoms with E-state index in [2.05, 4.69) is 98.7 Å². The number of amides is 2. The first-order valence-electron chi connectivity index (χ1n) is 14.5. The lowest BCUT2D eigenvalue weighted by Crippen LogP contribution is -2.46. The van der Waals surface area contributed by atoms with E-state index in [0.717, 1.165) is 78.7 Å². The van der Waals surface area contributed by atoms with Crippen LogP contribution in [0.25, 0.3) is 11.1 Å². The van der Waals surface area contributed by atoms with Gasteiger partial charge in [0.25, 0.3) is 5.91 Å². The molecule has 0 saturated carbocycles. The smallest absolute Gasteiger partial charge is 0.251 e. The van der Waals surface area contributed by atoms with E-state index in [1.807, 2.05) is 25.1 Å². The minimum absolute atomic E-state index is 0.0110. The summed E-state index contributed by atoms with van der Waals surface area (Å²) in [6, 6.07) is 22.8. The molecule has 1 saturated heterocycles. The van der Waals surface area contributed by atoms with Crippen molar-refractivity contribution in [2.45, 2.75) is 55.6 Å². The number of fused-ring (bicyclic) bond motifs is 3. The zero-order valence-corrected chi connectivity index (χ0v) is 27.5. The first-order chi connectivity index (χ1) is 19.6. The van der Waals surface area contributed by atoms with Crippen LogP contribution in [-0.2, 0) is 10.2 Å². The Morgan fingerprint density at radius 2 is 1.59 bits per heavy atom. The molecule has 3 aromatic rings. The van der Waals surface area contributed by atoms with Crippen molar-refractivity contribution in [1.82, 2.24) is 15.5 Å². The van der Waals surface area contributed by atoms with Crippen LogP contribution in [0.5, 0.6) is 0 Å². The zero-order valence-electron chi connectivity index (χ0n) is 24.1. The summed E-state index contributed by atoms with van der Waals surface area (Å²) in [4.78, 5) is 29.4. The first-order valence-corrected chi connectivity index (χ1v) is 16.3. The van der Waals surface area contributed by atoms with Gasteiger partial charge >= 0.3 is 0 Å². The van der Waals surface area contributed by atoms with E-state index in [4.69, 9.17) is 0 Å². The van der Waals surface area contributed by atoms with Gasteiger partial charge in [0, 0.05) is 35.9 Å². The number of rotatable bonds is 10. The predicted molar refractivity (Wildman–Crippen MR) is 180 cm³/mol. The van der Waals surface area contributed by atoms with Gasteiger partial charge in [-0.25, -0.2) is 0 Å². The van der Waals surface area contributed by atoms with Crippen LogP contribution in [0.4, 0.5) is 0 Å². The predicted octanol–water partition coefficient (Wildman–Crippen LogP) is 5.64. The molecule has 3 aromatic carbocycles. The zero-order chi connectivity index (χ0) is 29.2. The Morgan fingerprint density at radius 3 is 2.22 bits per heavy atom. The van der Waals surface area contributed by atoms with E-state index < -0.39 is 5.41 Å². The maximum absolute atomic E-state index is 14.1. The largest absolute Gasteiger partial charge is 0.353 e. The molecule has 0 spiro atoms. The molecule has 4 atom stereocenters. The summed E-state index contributed by atoms with van der Waals surface area (Å²) in [5, 5.41) is 6.50. The van der Waals surface area contributed by atoms with Crippen molar-refractivity contribution < 1.29 is 9.59 Å². The lowest BCUT2D eigenvalue weighted by Gasteiger charge is -2.32. The van der Waals surface area contributed by atoms with Gasteiger partial charge < -0.3 is 15.5 Å². The highest BCUT2D eigenvalue weighted by Crippen LogP contribution is 2.51. The van der Waals surface area contributed by atoms with E-state index >= 15 is 0 Å². The highest BCUT2D eigenvalue weighted by molar-refractivity contribution is 7.57. The normalized spacial score (nSPS) is 17.6. The number of hydrogen-bond acceptors (Lipinski definition) is 3. The summed E-state index contributed by atoms with van der Waals surface area (Å²) < 4.78 is -0.242. The van der Waals surface area contributed by atoms with Gasteiger partial charge in [0.05, 0.1) is 0 Å². The third-order valence-electron chi connectivity index (χ3n) is 8.66. The average molecular weight is 606 g/mol. The molecule has 216 valence electrons. The van der Waals surface area contributed by atoms with Crippen LogP contribution in [-0.4, -0.2) is 53.6 Å². The molecule has 4 unspecified atom stereocenters. The number of carbonyl (C=O) groups excluding carboxylic acids is 2. The van der Waals surface area contributed by atoms with Crippen LogP contribution in [0, 0.1) is 13.8 Å². The van der Waals surface area contributed by atoms with Gasteiger partial charge in [-0.2, -0.15) is 0 Å². The molecule has 2 amide bonds.